The lowest BCUT2D eigenvalue weighted by Crippen LogP contribution is -2.42. The highest BCUT2D eigenvalue weighted by Crippen LogP contribution is 2.33. The number of carbonyl (C=O) groups excluding carboxylic acids is 1. The van der Waals surface area contributed by atoms with E-state index in [1.807, 2.05) is 25.1 Å². The van der Waals surface area contributed by atoms with Gasteiger partial charge in [-0.2, -0.15) is 0 Å². The van der Waals surface area contributed by atoms with Gasteiger partial charge < -0.3 is 9.64 Å². The number of nitrogens with zero attached hydrogens (tertiary/aromatic N) is 1. The molecule has 1 aliphatic heterocycles. The Morgan fingerprint density at radius 3 is 2.80 bits per heavy atom. The normalized spacial score (nSPS) is 15.6. The number of amides is 1. The molecule has 0 aliphatic carbocycles. The van der Waals surface area contributed by atoms with E-state index in [2.05, 4.69) is 0 Å². The van der Waals surface area contributed by atoms with E-state index < -0.39 is 0 Å². The van der Waals surface area contributed by atoms with Gasteiger partial charge in [-0.1, -0.05) is 35.3 Å². The molecule has 6 heteroatoms. The minimum Gasteiger partial charge on any atom is -0.487 e. The fraction of sp³-hybridized carbons (Fsp3) is 0.208. The predicted octanol–water partition coefficient (Wildman–Crippen LogP) is 6.69. The summed E-state index contributed by atoms with van der Waals surface area (Å²) in [6, 6.07) is 17.0. The van der Waals surface area contributed by atoms with E-state index >= 15 is 0 Å². The van der Waals surface area contributed by atoms with Crippen LogP contribution in [0.1, 0.15) is 34.8 Å². The Labute approximate surface area is 185 Å². The molecule has 3 aromatic rings. The summed E-state index contributed by atoms with van der Waals surface area (Å²) in [5.74, 6) is 0.0914. The van der Waals surface area contributed by atoms with Crippen molar-refractivity contribution in [2.24, 2.45) is 0 Å². The topological polar surface area (TPSA) is 29.5 Å². The van der Waals surface area contributed by atoms with E-state index in [1.165, 1.54) is 12.1 Å². The maximum absolute atomic E-state index is 13.6. The van der Waals surface area contributed by atoms with Crippen LogP contribution >= 0.6 is 23.2 Å². The molecule has 30 heavy (non-hydrogen) atoms. The lowest BCUT2D eigenvalue weighted by Gasteiger charge is -2.35. The van der Waals surface area contributed by atoms with Crippen LogP contribution in [0, 0.1) is 5.82 Å². The summed E-state index contributed by atoms with van der Waals surface area (Å²) < 4.78 is 19.4. The van der Waals surface area contributed by atoms with Gasteiger partial charge in [0.25, 0.3) is 5.91 Å². The number of hydrogen-bond acceptors (Lipinski definition) is 2. The Morgan fingerprint density at radius 1 is 1.13 bits per heavy atom. The van der Waals surface area contributed by atoms with Crippen molar-refractivity contribution < 1.29 is 13.9 Å². The van der Waals surface area contributed by atoms with Crippen LogP contribution in [0.3, 0.4) is 0 Å². The minimum atomic E-state index is -0.283. The molecule has 0 aromatic heterocycles. The fourth-order valence-corrected chi connectivity index (χ4v) is 4.05. The molecule has 1 atom stereocenters. The van der Waals surface area contributed by atoms with Gasteiger partial charge in [-0.25, -0.2) is 4.39 Å². The lowest BCUT2D eigenvalue weighted by atomic mass is 9.95. The van der Waals surface area contributed by atoms with Gasteiger partial charge in [-0.3, -0.25) is 4.79 Å². The van der Waals surface area contributed by atoms with Gasteiger partial charge in [0, 0.05) is 28.4 Å². The van der Waals surface area contributed by atoms with Gasteiger partial charge in [-0.15, -0.1) is 0 Å². The number of fused-ring (bicyclic) bond motifs is 1. The van der Waals surface area contributed by atoms with Crippen LogP contribution in [-0.2, 0) is 13.0 Å². The molecule has 1 amide bonds. The smallest absolute Gasteiger partial charge is 0.258 e. The Balaban J connectivity index is 1.56. The highest BCUT2D eigenvalue weighted by atomic mass is 35.5. The van der Waals surface area contributed by atoms with Crippen molar-refractivity contribution in [2.45, 2.75) is 32.4 Å². The van der Waals surface area contributed by atoms with Gasteiger partial charge in [-0.05, 0) is 73.4 Å². The molecule has 0 bridgehead atoms. The molecule has 1 unspecified atom stereocenters. The molecule has 3 nitrogen and oxygen atoms in total. The number of hydrogen-bond donors (Lipinski definition) is 0. The maximum Gasteiger partial charge on any atom is 0.258 e. The Bertz CT molecular complexity index is 1100. The van der Waals surface area contributed by atoms with Gasteiger partial charge in [0.1, 0.15) is 18.2 Å². The first-order chi connectivity index (χ1) is 14.4. The molecule has 154 valence electrons. The number of aryl methyl sites for hydroxylation is 1. The zero-order valence-corrected chi connectivity index (χ0v) is 17.9. The Hall–Kier alpha value is -2.56. The van der Waals surface area contributed by atoms with E-state index in [0.29, 0.717) is 21.4 Å². The van der Waals surface area contributed by atoms with E-state index in [-0.39, 0.29) is 24.4 Å². The summed E-state index contributed by atoms with van der Waals surface area (Å²) in [5, 5.41) is 1.00. The van der Waals surface area contributed by atoms with Crippen molar-refractivity contribution in [3.63, 3.8) is 0 Å². The molecule has 4 rings (SSSR count). The molecule has 0 radical (unpaired) electrons. The summed E-state index contributed by atoms with van der Waals surface area (Å²) >= 11 is 12.2. The molecule has 0 N–H and O–H groups in total. The average Bonchev–Trinajstić information content (AvgIpc) is 2.74. The highest BCUT2D eigenvalue weighted by Gasteiger charge is 2.29. The van der Waals surface area contributed by atoms with Gasteiger partial charge in [0.2, 0.25) is 0 Å². The van der Waals surface area contributed by atoms with Crippen LogP contribution in [0.25, 0.3) is 0 Å². The third-order valence-corrected chi connectivity index (χ3v) is 5.80. The molecule has 0 saturated heterocycles. The summed E-state index contributed by atoms with van der Waals surface area (Å²) in [7, 11) is 0. The van der Waals surface area contributed by atoms with Gasteiger partial charge in [0.05, 0.1) is 5.02 Å². The van der Waals surface area contributed by atoms with Crippen molar-refractivity contribution in [1.82, 2.24) is 0 Å². The number of carbonyl (C=O) groups is 1. The van der Waals surface area contributed by atoms with E-state index in [9.17, 15) is 9.18 Å². The van der Waals surface area contributed by atoms with Gasteiger partial charge in [0.15, 0.2) is 0 Å². The lowest BCUT2D eigenvalue weighted by molar-refractivity contribution is 0.0975. The van der Waals surface area contributed by atoms with E-state index in [4.69, 9.17) is 27.9 Å². The largest absolute Gasteiger partial charge is 0.487 e. The summed E-state index contributed by atoms with van der Waals surface area (Å²) in [5.41, 5.74) is 3.02. The van der Waals surface area contributed by atoms with Crippen molar-refractivity contribution in [2.75, 3.05) is 4.90 Å². The van der Waals surface area contributed by atoms with Crippen LogP contribution in [0.15, 0.2) is 60.7 Å². The number of ether oxygens (including phenoxy) is 1. The molecule has 0 fully saturated rings. The second-order valence-corrected chi connectivity index (χ2v) is 8.24. The van der Waals surface area contributed by atoms with Crippen LogP contribution in [-0.4, -0.2) is 11.9 Å². The molecular formula is C24H20Cl2FNO2. The second kappa shape index (κ2) is 8.66. The molecule has 3 aromatic carbocycles. The Kier molecular flexibility index (Phi) is 5.98. The first-order valence-electron chi connectivity index (χ1n) is 9.71. The molecule has 0 spiro atoms. The van der Waals surface area contributed by atoms with Crippen LogP contribution in [0.4, 0.5) is 10.1 Å². The zero-order chi connectivity index (χ0) is 21.3. The first kappa shape index (κ1) is 20.7. The standard InChI is InChI=1S/C24H20Cl2FNO2/c1-15-5-6-17-12-20(27)8-10-22(17)28(15)24(29)18-4-2-3-16(11-18)14-30-23-13-19(25)7-9-21(23)26/h2-4,7-13,15H,5-6,14H2,1H3. The van der Waals surface area contributed by atoms with Crippen LogP contribution < -0.4 is 9.64 Å². The van der Waals surface area contributed by atoms with Crippen molar-refractivity contribution >= 4 is 34.8 Å². The number of anilines is 1. The number of rotatable bonds is 4. The molecule has 1 heterocycles. The van der Waals surface area contributed by atoms with Crippen molar-refractivity contribution in [3.05, 3.63) is 93.2 Å². The number of benzene rings is 3. The molecular weight excluding hydrogens is 424 g/mol. The molecule has 0 saturated carbocycles. The van der Waals surface area contributed by atoms with Gasteiger partial charge >= 0.3 is 0 Å². The number of halogens is 3. The summed E-state index contributed by atoms with van der Waals surface area (Å²) in [6.45, 7) is 2.26. The fourth-order valence-electron chi connectivity index (χ4n) is 3.71. The monoisotopic (exact) mass is 443 g/mol. The van der Waals surface area contributed by atoms with Crippen LogP contribution in [0.5, 0.6) is 5.75 Å². The van der Waals surface area contributed by atoms with Crippen LogP contribution in [0.2, 0.25) is 10.0 Å². The highest BCUT2D eigenvalue weighted by molar-refractivity contribution is 6.34. The van der Waals surface area contributed by atoms with E-state index in [1.54, 1.807) is 35.2 Å². The van der Waals surface area contributed by atoms with E-state index in [0.717, 1.165) is 29.7 Å². The summed E-state index contributed by atoms with van der Waals surface area (Å²) in [6.07, 6.45) is 1.55. The Morgan fingerprint density at radius 2 is 1.97 bits per heavy atom. The minimum absolute atomic E-state index is 0.0284. The quantitative estimate of drug-likeness (QED) is 0.449. The third kappa shape index (κ3) is 4.30. The second-order valence-electron chi connectivity index (χ2n) is 7.40. The predicted molar refractivity (Wildman–Crippen MR) is 118 cm³/mol. The van der Waals surface area contributed by atoms with Crippen molar-refractivity contribution in [1.29, 1.82) is 0 Å². The van der Waals surface area contributed by atoms with Crippen molar-refractivity contribution in [3.8, 4) is 5.75 Å². The maximum atomic E-state index is 13.6. The first-order valence-corrected chi connectivity index (χ1v) is 10.5. The zero-order valence-electron chi connectivity index (χ0n) is 16.4. The molecule has 1 aliphatic rings. The summed E-state index contributed by atoms with van der Waals surface area (Å²) in [4.78, 5) is 15.1. The SMILES string of the molecule is CC1CCc2cc(F)ccc2N1C(=O)c1cccc(COc2cc(Cl)ccc2Cl)c1. The third-order valence-electron chi connectivity index (χ3n) is 5.25. The average molecular weight is 444 g/mol.